The lowest BCUT2D eigenvalue weighted by atomic mass is 10.0. The van der Waals surface area contributed by atoms with E-state index in [1.807, 2.05) is 0 Å². The molecule has 0 bridgehead atoms. The van der Waals surface area contributed by atoms with Crippen LogP contribution in [0.1, 0.15) is 5.56 Å². The molecule has 1 N–H and O–H groups in total. The lowest BCUT2D eigenvalue weighted by molar-refractivity contribution is 0.412. The predicted molar refractivity (Wildman–Crippen MR) is 133 cm³/mol. The van der Waals surface area contributed by atoms with Crippen LogP contribution < -0.4 is 15.0 Å². The van der Waals surface area contributed by atoms with Crippen LogP contribution in [0.2, 0.25) is 0 Å². The Morgan fingerprint density at radius 1 is 1.03 bits per heavy atom. The minimum Gasteiger partial charge on any atom is -0.495 e. The van der Waals surface area contributed by atoms with Crippen molar-refractivity contribution in [3.63, 3.8) is 0 Å². The molecule has 5 rings (SSSR count). The van der Waals surface area contributed by atoms with Gasteiger partial charge in [-0.3, -0.25) is 14.1 Å². The Labute approximate surface area is 214 Å². The lowest BCUT2D eigenvalue weighted by Gasteiger charge is -2.16. The van der Waals surface area contributed by atoms with E-state index in [2.05, 4.69) is 14.4 Å². The molecular weight excluding hydrogens is 518 g/mol. The highest BCUT2D eigenvalue weighted by Crippen LogP contribution is 2.34. The molecule has 190 valence electrons. The third-order valence-electron chi connectivity index (χ3n) is 5.76. The van der Waals surface area contributed by atoms with Gasteiger partial charge in [-0.05, 0) is 48.0 Å². The second kappa shape index (κ2) is 9.45. The largest absolute Gasteiger partial charge is 0.495 e. The molecule has 0 fully saturated rings. The van der Waals surface area contributed by atoms with E-state index in [1.165, 1.54) is 72.5 Å². The molecule has 0 atom stereocenters. The number of benzene rings is 3. The summed E-state index contributed by atoms with van der Waals surface area (Å²) in [6, 6.07) is 15.8. The Kier molecular flexibility index (Phi) is 6.14. The van der Waals surface area contributed by atoms with Gasteiger partial charge < -0.3 is 9.26 Å². The highest BCUT2D eigenvalue weighted by molar-refractivity contribution is 7.92. The van der Waals surface area contributed by atoms with E-state index < -0.39 is 27.2 Å². The molecule has 5 aromatic rings. The number of aromatic nitrogens is 2. The van der Waals surface area contributed by atoms with Gasteiger partial charge >= 0.3 is 0 Å². The van der Waals surface area contributed by atoms with Crippen LogP contribution in [0.5, 0.6) is 5.75 Å². The molecule has 2 heterocycles. The fourth-order valence-electron chi connectivity index (χ4n) is 3.98. The summed E-state index contributed by atoms with van der Waals surface area (Å²) in [5, 5.41) is 12.8. The monoisotopic (exact) mass is 534 g/mol. The van der Waals surface area contributed by atoms with Crippen LogP contribution in [-0.2, 0) is 10.0 Å². The second-order valence-electron chi connectivity index (χ2n) is 8.03. The first-order valence-electron chi connectivity index (χ1n) is 10.9. The van der Waals surface area contributed by atoms with Crippen LogP contribution in [0.3, 0.4) is 0 Å². The van der Waals surface area contributed by atoms with Gasteiger partial charge in [-0.1, -0.05) is 11.2 Å². The Morgan fingerprint density at radius 2 is 1.84 bits per heavy atom. The summed E-state index contributed by atoms with van der Waals surface area (Å²) in [6.07, 6.45) is 1.21. The number of hydrogen-bond acceptors (Lipinski definition) is 7. The van der Waals surface area contributed by atoms with Gasteiger partial charge in [-0.2, -0.15) is 5.26 Å². The first-order chi connectivity index (χ1) is 18.2. The highest BCUT2D eigenvalue weighted by atomic mass is 32.2. The van der Waals surface area contributed by atoms with Gasteiger partial charge in [0.1, 0.15) is 29.7 Å². The summed E-state index contributed by atoms with van der Waals surface area (Å²) < 4.78 is 68.6. The number of nitrogens with zero attached hydrogens (tertiary/aromatic N) is 3. The molecule has 0 unspecified atom stereocenters. The highest BCUT2D eigenvalue weighted by Gasteiger charge is 2.20. The van der Waals surface area contributed by atoms with E-state index in [1.54, 1.807) is 6.07 Å². The molecule has 0 amide bonds. The molecule has 9 nitrogen and oxygen atoms in total. The Morgan fingerprint density at radius 3 is 2.53 bits per heavy atom. The van der Waals surface area contributed by atoms with Crippen LogP contribution in [0.4, 0.5) is 14.6 Å². The minimum atomic E-state index is -4.02. The molecule has 0 aliphatic heterocycles. The van der Waals surface area contributed by atoms with Crippen LogP contribution in [0.15, 0.2) is 87.2 Å². The zero-order valence-electron chi connectivity index (χ0n) is 19.5. The van der Waals surface area contributed by atoms with Crippen molar-refractivity contribution in [1.82, 2.24) is 9.72 Å². The SMILES string of the molecule is COc1cc(-c2ccc(C#N)c(F)c2)c(F)cc1-n1c(=O)ccc2cc(S(=O)(=O)Nc3ccon3)ccc21. The molecule has 0 saturated heterocycles. The van der Waals surface area contributed by atoms with Crippen molar-refractivity contribution < 1.29 is 26.5 Å². The summed E-state index contributed by atoms with van der Waals surface area (Å²) in [5.74, 6) is -1.48. The third kappa shape index (κ3) is 4.35. The van der Waals surface area contributed by atoms with Crippen LogP contribution >= 0.6 is 0 Å². The molecule has 3 aromatic carbocycles. The van der Waals surface area contributed by atoms with Gasteiger partial charge in [0.25, 0.3) is 15.6 Å². The number of sulfonamides is 1. The predicted octanol–water partition coefficient (Wildman–Crippen LogP) is 4.60. The molecule has 0 saturated carbocycles. The fraction of sp³-hybridized carbons (Fsp3) is 0.0385. The smallest absolute Gasteiger partial charge is 0.263 e. The number of pyridine rings is 1. The average molecular weight is 535 g/mol. The van der Waals surface area contributed by atoms with Crippen LogP contribution in [0, 0.1) is 23.0 Å². The first kappa shape index (κ1) is 24.7. The lowest BCUT2D eigenvalue weighted by Crippen LogP contribution is -2.19. The fourth-order valence-corrected chi connectivity index (χ4v) is 5.00. The third-order valence-corrected chi connectivity index (χ3v) is 7.12. The Bertz CT molecular complexity index is 1910. The molecule has 0 spiro atoms. The molecular formula is C26H16F2N4O5S. The topological polar surface area (TPSA) is 127 Å². The number of halogens is 2. The van der Waals surface area contributed by atoms with Gasteiger partial charge in [-0.15, -0.1) is 0 Å². The number of nitriles is 1. The molecule has 38 heavy (non-hydrogen) atoms. The zero-order chi connectivity index (χ0) is 27.0. The standard InChI is InChI=1S/C26H16F2N4O5S/c1-36-24-12-19(15-2-3-17(14-29)20(27)11-15)21(28)13-23(24)32-22-6-5-18(10-16(22)4-7-26(32)33)38(34,35)31-25-8-9-37-30-25/h2-13H,1H3,(H,30,31). The summed E-state index contributed by atoms with van der Waals surface area (Å²) >= 11 is 0. The van der Waals surface area contributed by atoms with E-state index >= 15 is 4.39 Å². The Hall–Kier alpha value is -5.02. The van der Waals surface area contributed by atoms with E-state index in [-0.39, 0.29) is 44.4 Å². The number of methoxy groups -OCH3 is 1. The van der Waals surface area contributed by atoms with Crippen molar-refractivity contribution in [3.05, 3.63) is 101 Å². The minimum absolute atomic E-state index is 0.00230. The molecule has 12 heteroatoms. The van der Waals surface area contributed by atoms with E-state index in [0.29, 0.717) is 5.39 Å². The van der Waals surface area contributed by atoms with Gasteiger partial charge in [0.15, 0.2) is 5.82 Å². The van der Waals surface area contributed by atoms with E-state index in [9.17, 15) is 17.6 Å². The number of ether oxygens (including phenoxy) is 1. The van der Waals surface area contributed by atoms with Crippen molar-refractivity contribution in [2.75, 3.05) is 11.8 Å². The van der Waals surface area contributed by atoms with Crippen molar-refractivity contribution in [1.29, 1.82) is 5.26 Å². The van der Waals surface area contributed by atoms with Crippen LogP contribution in [-0.4, -0.2) is 25.3 Å². The van der Waals surface area contributed by atoms with Gasteiger partial charge in [-0.25, -0.2) is 17.2 Å². The summed E-state index contributed by atoms with van der Waals surface area (Å²) in [5.41, 5.74) is -0.206. The van der Waals surface area contributed by atoms with E-state index in [4.69, 9.17) is 10.00 Å². The zero-order valence-corrected chi connectivity index (χ0v) is 20.3. The normalized spacial score (nSPS) is 11.3. The maximum Gasteiger partial charge on any atom is 0.263 e. The van der Waals surface area contributed by atoms with Gasteiger partial charge in [0.05, 0.1) is 28.8 Å². The van der Waals surface area contributed by atoms with Crippen molar-refractivity contribution >= 4 is 26.7 Å². The summed E-state index contributed by atoms with van der Waals surface area (Å²) in [7, 11) is -2.69. The van der Waals surface area contributed by atoms with E-state index in [0.717, 1.165) is 12.1 Å². The number of fused-ring (bicyclic) bond motifs is 1. The maximum absolute atomic E-state index is 15.3. The second-order valence-corrected chi connectivity index (χ2v) is 9.71. The number of anilines is 1. The maximum atomic E-state index is 15.3. The molecule has 0 radical (unpaired) electrons. The summed E-state index contributed by atoms with van der Waals surface area (Å²) in [6.45, 7) is 0. The molecule has 0 aliphatic carbocycles. The number of nitrogens with one attached hydrogen (secondary N) is 1. The molecule has 2 aromatic heterocycles. The van der Waals surface area contributed by atoms with Gasteiger partial charge in [0.2, 0.25) is 0 Å². The van der Waals surface area contributed by atoms with Crippen molar-refractivity contribution in [2.45, 2.75) is 4.90 Å². The first-order valence-corrected chi connectivity index (χ1v) is 12.4. The molecule has 0 aliphatic rings. The average Bonchev–Trinajstić information content (AvgIpc) is 3.40. The quantitative estimate of drug-likeness (QED) is 0.337. The van der Waals surface area contributed by atoms with Crippen molar-refractivity contribution in [3.8, 4) is 28.6 Å². The Balaban J connectivity index is 1.64. The van der Waals surface area contributed by atoms with Crippen LogP contribution in [0.25, 0.3) is 27.7 Å². The summed E-state index contributed by atoms with van der Waals surface area (Å²) in [4.78, 5) is 12.8. The number of rotatable bonds is 6. The van der Waals surface area contributed by atoms with Gasteiger partial charge in [0, 0.05) is 29.1 Å². The number of hydrogen-bond donors (Lipinski definition) is 1. The van der Waals surface area contributed by atoms with Crippen molar-refractivity contribution in [2.24, 2.45) is 0 Å².